The van der Waals surface area contributed by atoms with Crippen molar-refractivity contribution in [2.45, 2.75) is 13.8 Å². The van der Waals surface area contributed by atoms with Crippen LogP contribution < -0.4 is 4.74 Å². The second kappa shape index (κ2) is 3.18. The molecule has 0 radical (unpaired) electrons. The molecule has 0 spiro atoms. The van der Waals surface area contributed by atoms with Gasteiger partial charge in [-0.25, -0.2) is 0 Å². The Bertz CT molecular complexity index is 485. The van der Waals surface area contributed by atoms with Crippen molar-refractivity contribution in [3.63, 3.8) is 0 Å². The predicted octanol–water partition coefficient (Wildman–Crippen LogP) is 2.17. The van der Waals surface area contributed by atoms with Gasteiger partial charge in [0.05, 0.1) is 11.7 Å². The number of nitrogens with zero attached hydrogens (tertiary/aromatic N) is 1. The first kappa shape index (κ1) is 8.81. The highest BCUT2D eigenvalue weighted by Crippen LogP contribution is 2.24. The second-order valence-corrected chi connectivity index (χ2v) is 3.21. The van der Waals surface area contributed by atoms with Gasteiger partial charge in [0.1, 0.15) is 0 Å². The Labute approximate surface area is 81.9 Å². The molecule has 2 aromatic heterocycles. The van der Waals surface area contributed by atoms with Gasteiger partial charge in [0.2, 0.25) is 0 Å². The molecule has 2 rings (SSSR count). The molecule has 2 aromatic rings. The average molecular weight is 189 g/mol. The number of aromatic nitrogens is 1. The third-order valence-electron chi connectivity index (χ3n) is 2.15. The van der Waals surface area contributed by atoms with Crippen LogP contribution in [0, 0.1) is 6.92 Å². The van der Waals surface area contributed by atoms with Crippen LogP contribution in [-0.4, -0.2) is 10.4 Å². The Hall–Kier alpha value is -1.77. The van der Waals surface area contributed by atoms with E-state index in [4.69, 9.17) is 4.74 Å². The summed E-state index contributed by atoms with van der Waals surface area (Å²) in [5.41, 5.74) is 2.05. The summed E-state index contributed by atoms with van der Waals surface area (Å²) in [5.74, 6) is 0.340. The van der Waals surface area contributed by atoms with Crippen molar-refractivity contribution in [2.24, 2.45) is 0 Å². The number of ether oxygens (including phenoxy) is 1. The summed E-state index contributed by atoms with van der Waals surface area (Å²) in [7, 11) is 0. The maximum atomic E-state index is 10.8. The molecule has 0 N–H and O–H groups in total. The minimum absolute atomic E-state index is 0.288. The van der Waals surface area contributed by atoms with Gasteiger partial charge < -0.3 is 9.14 Å². The first-order valence-electron chi connectivity index (χ1n) is 4.43. The van der Waals surface area contributed by atoms with E-state index in [2.05, 4.69) is 0 Å². The van der Waals surface area contributed by atoms with Crippen molar-refractivity contribution >= 4 is 11.5 Å². The fourth-order valence-electron chi connectivity index (χ4n) is 1.49. The number of fused-ring (bicyclic) bond motifs is 1. The van der Waals surface area contributed by atoms with Gasteiger partial charge in [-0.05, 0) is 19.1 Å². The normalized spacial score (nSPS) is 10.4. The number of hydrogen-bond acceptors (Lipinski definition) is 2. The molecule has 0 amide bonds. The number of rotatable bonds is 1. The third kappa shape index (κ3) is 1.37. The minimum Gasteiger partial charge on any atom is -0.425 e. The molecular weight excluding hydrogens is 178 g/mol. The van der Waals surface area contributed by atoms with E-state index >= 15 is 0 Å². The van der Waals surface area contributed by atoms with Gasteiger partial charge in [0.15, 0.2) is 5.75 Å². The zero-order chi connectivity index (χ0) is 10.1. The highest BCUT2D eigenvalue weighted by Gasteiger charge is 2.08. The smallest absolute Gasteiger partial charge is 0.308 e. The van der Waals surface area contributed by atoms with Crippen LogP contribution in [0.15, 0.2) is 30.6 Å². The van der Waals surface area contributed by atoms with Gasteiger partial charge in [0.25, 0.3) is 0 Å². The maximum absolute atomic E-state index is 10.8. The molecule has 3 nitrogen and oxygen atoms in total. The van der Waals surface area contributed by atoms with E-state index in [1.807, 2.05) is 41.9 Å². The first-order chi connectivity index (χ1) is 6.68. The third-order valence-corrected chi connectivity index (χ3v) is 2.15. The lowest BCUT2D eigenvalue weighted by atomic mass is 10.3. The lowest BCUT2D eigenvalue weighted by molar-refractivity contribution is -0.131. The van der Waals surface area contributed by atoms with Crippen molar-refractivity contribution in [3.8, 4) is 5.75 Å². The van der Waals surface area contributed by atoms with Gasteiger partial charge in [-0.2, -0.15) is 0 Å². The summed E-state index contributed by atoms with van der Waals surface area (Å²) in [4.78, 5) is 10.8. The van der Waals surface area contributed by atoms with Crippen LogP contribution in [0.4, 0.5) is 0 Å². The maximum Gasteiger partial charge on any atom is 0.308 e. The van der Waals surface area contributed by atoms with Crippen LogP contribution in [0.5, 0.6) is 5.75 Å². The Morgan fingerprint density at radius 1 is 1.43 bits per heavy atom. The molecule has 0 saturated heterocycles. The topological polar surface area (TPSA) is 30.7 Å². The zero-order valence-electron chi connectivity index (χ0n) is 8.15. The van der Waals surface area contributed by atoms with Gasteiger partial charge >= 0.3 is 5.97 Å². The van der Waals surface area contributed by atoms with Crippen molar-refractivity contribution in [1.29, 1.82) is 0 Å². The fraction of sp³-hybridized carbons (Fsp3) is 0.182. The lowest BCUT2D eigenvalue weighted by Gasteiger charge is -1.97. The summed E-state index contributed by atoms with van der Waals surface area (Å²) in [5, 5.41) is 0. The summed E-state index contributed by atoms with van der Waals surface area (Å²) < 4.78 is 7.01. The summed E-state index contributed by atoms with van der Waals surface area (Å²) >= 11 is 0. The minimum atomic E-state index is -0.288. The van der Waals surface area contributed by atoms with Gasteiger partial charge in [-0.1, -0.05) is 6.07 Å². The lowest BCUT2D eigenvalue weighted by Crippen LogP contribution is -2.01. The van der Waals surface area contributed by atoms with Gasteiger partial charge in [-0.3, -0.25) is 4.79 Å². The van der Waals surface area contributed by atoms with E-state index in [1.54, 1.807) is 0 Å². The fourth-order valence-corrected chi connectivity index (χ4v) is 1.49. The summed E-state index contributed by atoms with van der Waals surface area (Å²) in [6.45, 7) is 3.34. The van der Waals surface area contributed by atoms with Crippen molar-refractivity contribution in [1.82, 2.24) is 4.40 Å². The van der Waals surface area contributed by atoms with Crippen LogP contribution >= 0.6 is 0 Å². The second-order valence-electron chi connectivity index (χ2n) is 3.21. The number of carbonyl (C=O) groups excluding carboxylic acids is 1. The van der Waals surface area contributed by atoms with E-state index in [9.17, 15) is 4.79 Å². The number of pyridine rings is 1. The number of aryl methyl sites for hydroxylation is 1. The van der Waals surface area contributed by atoms with Crippen molar-refractivity contribution in [2.75, 3.05) is 0 Å². The molecule has 0 bridgehead atoms. The van der Waals surface area contributed by atoms with Gasteiger partial charge in [-0.15, -0.1) is 0 Å². The molecule has 0 atom stereocenters. The summed E-state index contributed by atoms with van der Waals surface area (Å²) in [6, 6.07) is 5.88. The first-order valence-corrected chi connectivity index (χ1v) is 4.43. The van der Waals surface area contributed by atoms with Crippen LogP contribution in [0.3, 0.4) is 0 Å². The molecule has 0 aliphatic heterocycles. The molecule has 14 heavy (non-hydrogen) atoms. The Morgan fingerprint density at radius 2 is 2.21 bits per heavy atom. The number of hydrogen-bond donors (Lipinski definition) is 0. The van der Waals surface area contributed by atoms with E-state index in [1.165, 1.54) is 6.92 Å². The zero-order valence-corrected chi connectivity index (χ0v) is 8.15. The highest BCUT2D eigenvalue weighted by molar-refractivity contribution is 5.72. The molecule has 0 fully saturated rings. The molecule has 2 heterocycles. The molecule has 0 unspecified atom stereocenters. The summed E-state index contributed by atoms with van der Waals surface area (Å²) in [6.07, 6.45) is 3.74. The molecule has 72 valence electrons. The molecule has 0 aliphatic rings. The standard InChI is InChI=1S/C11H11NO2/c1-8-10-5-3-4-6-12(10)7-11(8)14-9(2)13/h3-7H,1-2H3. The predicted molar refractivity (Wildman–Crippen MR) is 53.4 cm³/mol. The Morgan fingerprint density at radius 3 is 2.86 bits per heavy atom. The monoisotopic (exact) mass is 189 g/mol. The van der Waals surface area contributed by atoms with Crippen LogP contribution in [-0.2, 0) is 4.79 Å². The molecular formula is C11H11NO2. The largest absolute Gasteiger partial charge is 0.425 e. The van der Waals surface area contributed by atoms with Crippen LogP contribution in [0.25, 0.3) is 5.52 Å². The van der Waals surface area contributed by atoms with Crippen LogP contribution in [0.1, 0.15) is 12.5 Å². The van der Waals surface area contributed by atoms with E-state index < -0.39 is 0 Å². The SMILES string of the molecule is CC(=O)Oc1cn2ccccc2c1C. The molecule has 0 saturated carbocycles. The van der Waals surface area contributed by atoms with Crippen molar-refractivity contribution < 1.29 is 9.53 Å². The Kier molecular flexibility index (Phi) is 2.00. The Balaban J connectivity index is 2.57. The number of carbonyl (C=O) groups is 1. The van der Waals surface area contributed by atoms with E-state index in [0.29, 0.717) is 5.75 Å². The molecule has 0 aromatic carbocycles. The van der Waals surface area contributed by atoms with Crippen molar-refractivity contribution in [3.05, 3.63) is 36.2 Å². The quantitative estimate of drug-likeness (QED) is 0.644. The van der Waals surface area contributed by atoms with Crippen LogP contribution in [0.2, 0.25) is 0 Å². The van der Waals surface area contributed by atoms with E-state index in [-0.39, 0.29) is 5.97 Å². The highest BCUT2D eigenvalue weighted by atomic mass is 16.5. The number of esters is 1. The van der Waals surface area contributed by atoms with E-state index in [0.717, 1.165) is 11.1 Å². The average Bonchev–Trinajstić information content (AvgIpc) is 2.44. The van der Waals surface area contributed by atoms with Gasteiger partial charge in [0, 0.05) is 18.7 Å². The molecule has 0 aliphatic carbocycles. The molecule has 3 heteroatoms.